The molecule has 0 bridgehead atoms. The van der Waals surface area contributed by atoms with Gasteiger partial charge in [0.05, 0.1) is 16.6 Å². The summed E-state index contributed by atoms with van der Waals surface area (Å²) in [5.41, 5.74) is 4.84. The first kappa shape index (κ1) is 16.3. The van der Waals surface area contributed by atoms with E-state index in [0.717, 1.165) is 36.0 Å². The highest BCUT2D eigenvalue weighted by Gasteiger charge is 2.26. The number of nitrogens with zero attached hydrogens (tertiary/aromatic N) is 3. The minimum absolute atomic E-state index is 0.413. The fourth-order valence-electron chi connectivity index (χ4n) is 4.57. The lowest BCUT2D eigenvalue weighted by Crippen LogP contribution is -2.24. The summed E-state index contributed by atoms with van der Waals surface area (Å²) < 4.78 is 11.3. The second-order valence-corrected chi connectivity index (χ2v) is 8.32. The molecule has 1 fully saturated rings. The number of halogens is 1. The lowest BCUT2D eigenvalue weighted by Gasteiger charge is -2.30. The van der Waals surface area contributed by atoms with Crippen LogP contribution in [0.2, 0.25) is 0 Å². The summed E-state index contributed by atoms with van der Waals surface area (Å²) in [5.74, 6) is 0.632. The molecule has 5 heteroatoms. The maximum atomic E-state index is 5.59. The highest BCUT2D eigenvalue weighted by molar-refractivity contribution is 9.10. The van der Waals surface area contributed by atoms with E-state index in [9.17, 15) is 0 Å². The van der Waals surface area contributed by atoms with Crippen molar-refractivity contribution < 1.29 is 4.74 Å². The molecule has 0 aliphatic carbocycles. The van der Waals surface area contributed by atoms with Crippen molar-refractivity contribution >= 4 is 48.8 Å². The molecule has 3 aromatic heterocycles. The Bertz CT molecular complexity index is 1120. The molecule has 0 spiro atoms. The molecule has 0 N–H and O–H groups in total. The van der Waals surface area contributed by atoms with Gasteiger partial charge < -0.3 is 13.9 Å². The van der Waals surface area contributed by atoms with Gasteiger partial charge in [-0.25, -0.2) is 0 Å². The zero-order chi connectivity index (χ0) is 17.8. The Labute approximate surface area is 160 Å². The second-order valence-electron chi connectivity index (χ2n) is 7.40. The highest BCUT2D eigenvalue weighted by atomic mass is 79.9. The van der Waals surface area contributed by atoms with Crippen molar-refractivity contribution in [2.75, 3.05) is 13.2 Å². The number of hydrogen-bond donors (Lipinski definition) is 0. The second kappa shape index (κ2) is 6.10. The van der Waals surface area contributed by atoms with E-state index >= 15 is 0 Å². The summed E-state index contributed by atoms with van der Waals surface area (Å²) >= 11 is 3.62. The van der Waals surface area contributed by atoms with Crippen molar-refractivity contribution in [3.8, 4) is 0 Å². The Hall–Kier alpha value is -1.85. The van der Waals surface area contributed by atoms with E-state index in [1.54, 1.807) is 0 Å². The van der Waals surface area contributed by atoms with Crippen LogP contribution in [0.25, 0.3) is 32.8 Å². The van der Waals surface area contributed by atoms with Gasteiger partial charge in [-0.2, -0.15) is 0 Å². The molecular weight excluding hydrogens is 390 g/mol. The number of benzene rings is 1. The topological polar surface area (TPSA) is 32.0 Å². The standard InChI is InChI=1S/C21H22BrN3O/c1-13(14-6-9-26-10-7-14)25-18-4-3-17-16(5-8-24(17)2)20(18)21-19(25)11-15(22)12-23-21/h3-5,8,11-14H,6-7,9-10H2,1-2H3/t13-/m1/s1. The van der Waals surface area contributed by atoms with Crippen LogP contribution in [-0.4, -0.2) is 27.3 Å². The third kappa shape index (κ3) is 2.33. The maximum Gasteiger partial charge on any atom is 0.0967 e. The van der Waals surface area contributed by atoms with Crippen LogP contribution in [0.3, 0.4) is 0 Å². The highest BCUT2D eigenvalue weighted by Crippen LogP contribution is 2.39. The lowest BCUT2D eigenvalue weighted by atomic mass is 9.92. The molecule has 1 atom stereocenters. The van der Waals surface area contributed by atoms with Gasteiger partial charge in [0.15, 0.2) is 0 Å². The summed E-state index contributed by atoms with van der Waals surface area (Å²) in [6, 6.07) is 9.34. The Kier molecular flexibility index (Phi) is 3.83. The Balaban J connectivity index is 1.85. The largest absolute Gasteiger partial charge is 0.381 e. The first-order valence-electron chi connectivity index (χ1n) is 9.26. The zero-order valence-corrected chi connectivity index (χ0v) is 16.7. The lowest BCUT2D eigenvalue weighted by molar-refractivity contribution is 0.0525. The van der Waals surface area contributed by atoms with E-state index in [1.807, 2.05) is 6.20 Å². The molecule has 1 aromatic carbocycles. The minimum atomic E-state index is 0.413. The molecule has 4 aromatic rings. The summed E-state index contributed by atoms with van der Waals surface area (Å²) in [7, 11) is 2.10. The van der Waals surface area contributed by atoms with Gasteiger partial charge in [-0.1, -0.05) is 0 Å². The van der Waals surface area contributed by atoms with E-state index in [-0.39, 0.29) is 0 Å². The van der Waals surface area contributed by atoms with Crippen LogP contribution in [-0.2, 0) is 11.8 Å². The van der Waals surface area contributed by atoms with Crippen molar-refractivity contribution in [1.82, 2.24) is 14.1 Å². The summed E-state index contributed by atoms with van der Waals surface area (Å²) in [4.78, 5) is 4.81. The fourth-order valence-corrected chi connectivity index (χ4v) is 4.89. The first-order valence-corrected chi connectivity index (χ1v) is 10.1. The van der Waals surface area contributed by atoms with E-state index in [4.69, 9.17) is 9.72 Å². The maximum absolute atomic E-state index is 5.59. The van der Waals surface area contributed by atoms with E-state index in [2.05, 4.69) is 69.5 Å². The van der Waals surface area contributed by atoms with Crippen molar-refractivity contribution in [3.05, 3.63) is 41.1 Å². The Morgan fingerprint density at radius 3 is 2.73 bits per heavy atom. The molecule has 4 heterocycles. The smallest absolute Gasteiger partial charge is 0.0967 e. The van der Waals surface area contributed by atoms with Crippen LogP contribution >= 0.6 is 15.9 Å². The number of rotatable bonds is 2. The van der Waals surface area contributed by atoms with Crippen LogP contribution in [0.1, 0.15) is 25.8 Å². The Morgan fingerprint density at radius 1 is 1.15 bits per heavy atom. The van der Waals surface area contributed by atoms with Crippen LogP contribution in [0.5, 0.6) is 0 Å². The SMILES string of the molecule is C[C@H](C1CCOCC1)n1c2cc(Br)cnc2c2c3ccn(C)c3ccc21. The van der Waals surface area contributed by atoms with E-state index < -0.39 is 0 Å². The van der Waals surface area contributed by atoms with Crippen LogP contribution in [0.4, 0.5) is 0 Å². The molecule has 5 rings (SSSR count). The molecule has 1 saturated heterocycles. The molecule has 0 amide bonds. The first-order chi connectivity index (χ1) is 12.6. The van der Waals surface area contributed by atoms with Gasteiger partial charge >= 0.3 is 0 Å². The van der Waals surface area contributed by atoms with Crippen LogP contribution in [0.15, 0.2) is 41.1 Å². The third-order valence-electron chi connectivity index (χ3n) is 5.99. The summed E-state index contributed by atoms with van der Waals surface area (Å²) in [6.07, 6.45) is 6.29. The summed E-state index contributed by atoms with van der Waals surface area (Å²) in [6.45, 7) is 4.10. The quantitative estimate of drug-likeness (QED) is 0.440. The van der Waals surface area contributed by atoms with E-state index in [0.29, 0.717) is 12.0 Å². The van der Waals surface area contributed by atoms with Crippen LogP contribution in [0, 0.1) is 5.92 Å². The average molecular weight is 412 g/mol. The predicted octanol–water partition coefficient (Wildman–Crippen LogP) is 5.43. The monoisotopic (exact) mass is 411 g/mol. The Morgan fingerprint density at radius 2 is 1.92 bits per heavy atom. The molecule has 1 aliphatic rings. The normalized spacial score (nSPS) is 17.5. The van der Waals surface area contributed by atoms with Crippen molar-refractivity contribution in [3.63, 3.8) is 0 Å². The van der Waals surface area contributed by atoms with Crippen molar-refractivity contribution in [2.24, 2.45) is 13.0 Å². The molecule has 0 saturated carbocycles. The minimum Gasteiger partial charge on any atom is -0.381 e. The molecule has 26 heavy (non-hydrogen) atoms. The van der Waals surface area contributed by atoms with Gasteiger partial charge in [-0.15, -0.1) is 0 Å². The van der Waals surface area contributed by atoms with Crippen LogP contribution < -0.4 is 0 Å². The molecule has 4 nitrogen and oxygen atoms in total. The third-order valence-corrected chi connectivity index (χ3v) is 6.42. The summed E-state index contributed by atoms with van der Waals surface area (Å²) in [5, 5.41) is 2.55. The van der Waals surface area contributed by atoms with Gasteiger partial charge in [0.2, 0.25) is 0 Å². The zero-order valence-electron chi connectivity index (χ0n) is 15.1. The van der Waals surface area contributed by atoms with Gasteiger partial charge in [0.1, 0.15) is 0 Å². The number of ether oxygens (including phenoxy) is 1. The fraction of sp³-hybridized carbons (Fsp3) is 0.381. The number of hydrogen-bond acceptors (Lipinski definition) is 2. The number of pyridine rings is 1. The molecule has 1 aliphatic heterocycles. The molecule has 0 radical (unpaired) electrons. The number of aromatic nitrogens is 3. The number of aryl methyl sites for hydroxylation is 1. The van der Waals surface area contributed by atoms with Gasteiger partial charge in [-0.05, 0) is 65.9 Å². The van der Waals surface area contributed by atoms with Gasteiger partial charge in [0.25, 0.3) is 0 Å². The predicted molar refractivity (Wildman–Crippen MR) is 110 cm³/mol. The molecule has 0 unspecified atom stereocenters. The van der Waals surface area contributed by atoms with Gasteiger partial charge in [-0.3, -0.25) is 4.98 Å². The molecule has 134 valence electrons. The van der Waals surface area contributed by atoms with Crippen molar-refractivity contribution in [2.45, 2.75) is 25.8 Å². The average Bonchev–Trinajstić information content (AvgIpc) is 3.19. The van der Waals surface area contributed by atoms with Crippen molar-refractivity contribution in [1.29, 1.82) is 0 Å². The van der Waals surface area contributed by atoms with E-state index in [1.165, 1.54) is 27.3 Å². The number of fused-ring (bicyclic) bond motifs is 5. The van der Waals surface area contributed by atoms with Gasteiger partial charge in [0, 0.05) is 59.5 Å². The molecular formula is C21H22BrN3O.